The molecule has 2 aliphatic heterocycles. The van der Waals surface area contributed by atoms with Crippen molar-refractivity contribution in [2.75, 3.05) is 39.3 Å². The zero-order valence-electron chi connectivity index (χ0n) is 17.3. The van der Waals surface area contributed by atoms with Gasteiger partial charge >= 0.3 is 0 Å². The summed E-state index contributed by atoms with van der Waals surface area (Å²) >= 11 is 6.09. The average molecular weight is 430 g/mol. The Balaban J connectivity index is 1.21. The molecule has 1 aromatic heterocycles. The molecule has 0 radical (unpaired) electrons. The molecule has 2 aromatic rings. The molecule has 6 nitrogen and oxygen atoms in total. The first-order valence-corrected chi connectivity index (χ1v) is 11.1. The minimum absolute atomic E-state index is 0.149. The molecule has 30 heavy (non-hydrogen) atoms. The zero-order chi connectivity index (χ0) is 20.9. The summed E-state index contributed by atoms with van der Waals surface area (Å²) in [6.07, 6.45) is 5.15. The number of pyridine rings is 1. The normalized spacial score (nSPS) is 19.2. The van der Waals surface area contributed by atoms with Crippen LogP contribution in [0.15, 0.2) is 48.8 Å². The van der Waals surface area contributed by atoms with Crippen LogP contribution in [0.1, 0.15) is 24.0 Å². The van der Waals surface area contributed by atoms with Crippen molar-refractivity contribution < 1.29 is 14.7 Å². The quantitative estimate of drug-likeness (QED) is 0.586. The number of benzene rings is 1. The molecule has 0 atom stereocenters. The van der Waals surface area contributed by atoms with E-state index in [-0.39, 0.29) is 5.92 Å². The molecule has 0 spiro atoms. The van der Waals surface area contributed by atoms with Crippen LogP contribution in [0.2, 0.25) is 5.02 Å². The zero-order valence-corrected chi connectivity index (χ0v) is 18.0. The summed E-state index contributed by atoms with van der Waals surface area (Å²) < 4.78 is 1.06. The highest BCUT2D eigenvalue weighted by molar-refractivity contribution is 6.30. The Bertz CT molecular complexity index is 845. The number of piperidine rings is 1. The van der Waals surface area contributed by atoms with E-state index in [1.54, 1.807) is 12.4 Å². The molecule has 1 amide bonds. The number of halogens is 1. The highest BCUT2D eigenvalue weighted by atomic mass is 35.5. The van der Waals surface area contributed by atoms with Crippen LogP contribution in [0.5, 0.6) is 0 Å². The highest BCUT2D eigenvalue weighted by Crippen LogP contribution is 2.22. The molecule has 0 unspecified atom stereocenters. The number of carbonyl (C=O) groups is 1. The fourth-order valence-corrected chi connectivity index (χ4v) is 4.64. The first kappa shape index (κ1) is 21.1. The molecule has 0 bridgehead atoms. The summed E-state index contributed by atoms with van der Waals surface area (Å²) in [5.74, 6) is 0.481. The van der Waals surface area contributed by atoms with Crippen molar-refractivity contribution in [3.05, 3.63) is 64.9 Å². The lowest BCUT2D eigenvalue weighted by atomic mass is 9.94. The number of rotatable bonds is 5. The molecule has 4 rings (SSSR count). The van der Waals surface area contributed by atoms with E-state index in [4.69, 9.17) is 11.6 Å². The lowest BCUT2D eigenvalue weighted by molar-refractivity contribution is -0.904. The summed E-state index contributed by atoms with van der Waals surface area (Å²) in [6, 6.07) is 11.9. The van der Waals surface area contributed by atoms with Gasteiger partial charge in [0.05, 0.1) is 0 Å². The van der Waals surface area contributed by atoms with E-state index in [1.807, 2.05) is 30.3 Å². The molecule has 2 fully saturated rings. The Morgan fingerprint density at radius 1 is 0.933 bits per heavy atom. The largest absolute Gasteiger partial charge is 0.340 e. The van der Waals surface area contributed by atoms with Crippen LogP contribution in [0, 0.1) is 5.92 Å². The standard InChI is InChI=1S/C23H30ClN4O2/c24-22-3-1-2-20(16-22)18-26-12-14-27(15-13-26)23(29)21-6-8-25(9-7-21)17-19-4-10-28(30)11-5-19/h1-5,10-11,16,21,30H,6-9,12-15,17-18H2/q+1. The third-order valence-corrected chi connectivity index (χ3v) is 6.44. The van der Waals surface area contributed by atoms with E-state index in [9.17, 15) is 10.0 Å². The van der Waals surface area contributed by atoms with Gasteiger partial charge in [-0.3, -0.25) is 19.8 Å². The average Bonchev–Trinajstić information content (AvgIpc) is 2.76. The monoisotopic (exact) mass is 429 g/mol. The van der Waals surface area contributed by atoms with Crippen LogP contribution < -0.4 is 4.73 Å². The van der Waals surface area contributed by atoms with Crippen molar-refractivity contribution in [1.29, 1.82) is 0 Å². The van der Waals surface area contributed by atoms with Gasteiger partial charge < -0.3 is 4.90 Å². The minimum atomic E-state index is 0.149. The Morgan fingerprint density at radius 3 is 2.23 bits per heavy atom. The van der Waals surface area contributed by atoms with Gasteiger partial charge in [-0.2, -0.15) is 0 Å². The van der Waals surface area contributed by atoms with Crippen molar-refractivity contribution in [3.8, 4) is 0 Å². The molecule has 7 heteroatoms. The summed E-state index contributed by atoms with van der Waals surface area (Å²) in [5.41, 5.74) is 2.41. The van der Waals surface area contributed by atoms with Gasteiger partial charge in [0.1, 0.15) is 0 Å². The first-order valence-electron chi connectivity index (χ1n) is 10.7. The number of carbonyl (C=O) groups excluding carboxylic acids is 1. The summed E-state index contributed by atoms with van der Waals surface area (Å²) in [6.45, 7) is 7.08. The topological polar surface area (TPSA) is 50.9 Å². The molecule has 0 aliphatic carbocycles. The molecule has 160 valence electrons. The molecular weight excluding hydrogens is 400 g/mol. The number of hydrogen-bond acceptors (Lipinski definition) is 4. The van der Waals surface area contributed by atoms with Gasteiger partial charge in [-0.15, -0.1) is 0 Å². The summed E-state index contributed by atoms with van der Waals surface area (Å²) in [4.78, 5) is 19.9. The summed E-state index contributed by atoms with van der Waals surface area (Å²) in [5, 5.41) is 10.1. The minimum Gasteiger partial charge on any atom is -0.340 e. The van der Waals surface area contributed by atoms with Crippen LogP contribution in [0.4, 0.5) is 0 Å². The van der Waals surface area contributed by atoms with Crippen molar-refractivity contribution in [2.24, 2.45) is 5.92 Å². The lowest BCUT2D eigenvalue weighted by Crippen LogP contribution is -2.51. The van der Waals surface area contributed by atoms with Crippen molar-refractivity contribution >= 4 is 17.5 Å². The maximum atomic E-state index is 13.0. The third kappa shape index (κ3) is 5.50. The fraction of sp³-hybridized carbons (Fsp3) is 0.478. The van der Waals surface area contributed by atoms with Gasteiger partial charge in [-0.05, 0) is 49.2 Å². The molecule has 3 heterocycles. The number of likely N-dealkylation sites (tertiary alicyclic amines) is 1. The number of hydrogen-bond donors (Lipinski definition) is 1. The Hall–Kier alpha value is -2.15. The number of piperazine rings is 1. The SMILES string of the molecule is O=C(C1CCN(Cc2cc[n+](O)cc2)CC1)N1CCN(Cc2cccc(Cl)c2)CC1. The van der Waals surface area contributed by atoms with Crippen molar-refractivity contribution in [1.82, 2.24) is 14.7 Å². The maximum Gasteiger partial charge on any atom is 0.225 e. The van der Waals surface area contributed by atoms with E-state index >= 15 is 0 Å². The molecular formula is C23H30ClN4O2+. The van der Waals surface area contributed by atoms with Gasteiger partial charge in [0.15, 0.2) is 0 Å². The van der Waals surface area contributed by atoms with E-state index in [2.05, 4.69) is 20.8 Å². The predicted octanol–water partition coefficient (Wildman–Crippen LogP) is 2.42. The maximum absolute atomic E-state index is 13.0. The van der Waals surface area contributed by atoms with Crippen LogP contribution in [0.25, 0.3) is 0 Å². The fourth-order valence-electron chi connectivity index (χ4n) is 4.43. The molecule has 0 saturated carbocycles. The number of aromatic nitrogens is 1. The second kappa shape index (κ2) is 9.77. The van der Waals surface area contributed by atoms with Gasteiger partial charge in [-0.1, -0.05) is 23.7 Å². The molecule has 1 N–H and O–H groups in total. The van der Waals surface area contributed by atoms with Gasteiger partial charge in [-0.25, -0.2) is 0 Å². The van der Waals surface area contributed by atoms with Crippen molar-refractivity contribution in [2.45, 2.75) is 25.9 Å². The van der Waals surface area contributed by atoms with E-state index in [1.165, 1.54) is 11.1 Å². The second-order valence-corrected chi connectivity index (χ2v) is 8.80. The van der Waals surface area contributed by atoms with Gasteiger partial charge in [0.25, 0.3) is 0 Å². The second-order valence-electron chi connectivity index (χ2n) is 8.37. The Labute approximate surface area is 183 Å². The molecule has 2 saturated heterocycles. The first-order chi connectivity index (χ1) is 14.6. The Kier molecular flexibility index (Phi) is 6.87. The van der Waals surface area contributed by atoms with Crippen molar-refractivity contribution in [3.63, 3.8) is 0 Å². The van der Waals surface area contributed by atoms with E-state index in [0.29, 0.717) is 5.91 Å². The van der Waals surface area contributed by atoms with Crippen LogP contribution in [0.3, 0.4) is 0 Å². The van der Waals surface area contributed by atoms with Gasteiger partial charge in [0.2, 0.25) is 18.3 Å². The Morgan fingerprint density at radius 2 is 1.57 bits per heavy atom. The molecule has 1 aromatic carbocycles. The highest BCUT2D eigenvalue weighted by Gasteiger charge is 2.30. The predicted molar refractivity (Wildman–Crippen MR) is 115 cm³/mol. The van der Waals surface area contributed by atoms with E-state index in [0.717, 1.165) is 75.0 Å². The third-order valence-electron chi connectivity index (χ3n) is 6.20. The van der Waals surface area contributed by atoms with Gasteiger partial charge in [0, 0.05) is 67.1 Å². The van der Waals surface area contributed by atoms with E-state index < -0.39 is 0 Å². The summed E-state index contributed by atoms with van der Waals surface area (Å²) in [7, 11) is 0. The van der Waals surface area contributed by atoms with Crippen LogP contribution >= 0.6 is 11.6 Å². The number of amides is 1. The lowest BCUT2D eigenvalue weighted by Gasteiger charge is -2.38. The molecule has 2 aliphatic rings. The number of nitrogens with zero attached hydrogens (tertiary/aromatic N) is 4. The van der Waals surface area contributed by atoms with Crippen LogP contribution in [-0.2, 0) is 17.9 Å². The van der Waals surface area contributed by atoms with Crippen LogP contribution in [-0.4, -0.2) is 65.1 Å². The smallest absolute Gasteiger partial charge is 0.225 e.